The van der Waals surface area contributed by atoms with Crippen molar-refractivity contribution >= 4 is 72.4 Å². The fourth-order valence-electron chi connectivity index (χ4n) is 4.35. The Morgan fingerprint density at radius 1 is 0.702 bits per heavy atom. The van der Waals surface area contributed by atoms with E-state index in [2.05, 4.69) is 0 Å². The molecule has 4 aromatic rings. The monoisotopic (exact) mass is 694 g/mol. The van der Waals surface area contributed by atoms with Gasteiger partial charge in [-0.1, -0.05) is 0 Å². The fraction of sp³-hybridized carbons (Fsp3) is 0.258. The lowest BCUT2D eigenvalue weighted by atomic mass is 10.1. The summed E-state index contributed by atoms with van der Waals surface area (Å²) in [5, 5.41) is 17.6. The molecule has 0 amide bonds. The highest BCUT2D eigenvalue weighted by atomic mass is 32.1. The van der Waals surface area contributed by atoms with Gasteiger partial charge in [0.05, 0.1) is 36.8 Å². The number of carboxylic acids is 2. The van der Waals surface area contributed by atoms with Crippen LogP contribution in [0.2, 0.25) is 0 Å². The number of hydrogen-bond donors (Lipinski definition) is 2. The molecule has 2 heterocycles. The number of methoxy groups -OCH3 is 2. The molecule has 0 saturated heterocycles. The van der Waals surface area contributed by atoms with E-state index < -0.39 is 78.7 Å². The van der Waals surface area contributed by atoms with Gasteiger partial charge in [-0.25, -0.2) is 8.78 Å². The Hall–Kier alpha value is -4.96. The van der Waals surface area contributed by atoms with E-state index in [1.807, 2.05) is 0 Å². The van der Waals surface area contributed by atoms with Gasteiger partial charge in [0.15, 0.2) is 46.2 Å². The molecule has 0 spiro atoms. The van der Waals surface area contributed by atoms with Crippen molar-refractivity contribution in [3.63, 3.8) is 0 Å². The summed E-state index contributed by atoms with van der Waals surface area (Å²) >= 11 is 1.85. The van der Waals surface area contributed by atoms with Gasteiger partial charge in [-0.15, -0.1) is 22.7 Å². The molecule has 0 atom stereocenters. The second-order valence-electron chi connectivity index (χ2n) is 9.81. The number of aliphatic carboxylic acids is 2. The number of carbonyl (C=O) groups is 5. The molecule has 47 heavy (non-hydrogen) atoms. The summed E-state index contributed by atoms with van der Waals surface area (Å²) in [5.41, 5.74) is -0.190. The number of benzene rings is 2. The maximum absolute atomic E-state index is 15.6. The van der Waals surface area contributed by atoms with Crippen LogP contribution in [0.25, 0.3) is 20.2 Å². The van der Waals surface area contributed by atoms with E-state index >= 15 is 8.78 Å². The highest BCUT2D eigenvalue weighted by Crippen LogP contribution is 2.42. The number of fused-ring (bicyclic) bond motifs is 2. The largest absolute Gasteiger partial charge is 0.493 e. The summed E-state index contributed by atoms with van der Waals surface area (Å²) in [6.07, 6.45) is -0.855. The van der Waals surface area contributed by atoms with E-state index in [-0.39, 0.29) is 50.4 Å². The zero-order valence-corrected chi connectivity index (χ0v) is 26.3. The molecule has 11 nitrogen and oxygen atoms in total. The number of carbonyl (C=O) groups excluding carboxylic acids is 3. The maximum Gasteiger partial charge on any atom is 0.325 e. The lowest BCUT2D eigenvalue weighted by molar-refractivity contribution is -0.137. The van der Waals surface area contributed by atoms with Crippen LogP contribution in [0, 0.1) is 11.6 Å². The average Bonchev–Trinajstić information content (AvgIpc) is 3.66. The van der Waals surface area contributed by atoms with Crippen LogP contribution < -0.4 is 18.9 Å². The number of carboxylic acid groups (broad SMARTS) is 2. The molecular formula is C31H25F3O11S2. The van der Waals surface area contributed by atoms with E-state index in [1.54, 1.807) is 0 Å². The fourth-order valence-corrected chi connectivity index (χ4v) is 6.46. The van der Waals surface area contributed by atoms with Gasteiger partial charge in [-0.3, -0.25) is 24.0 Å². The summed E-state index contributed by atoms with van der Waals surface area (Å²) < 4.78 is 66.9. The molecule has 2 aromatic heterocycles. The van der Waals surface area contributed by atoms with Gasteiger partial charge in [-0.05, 0) is 12.1 Å². The number of thiophene rings is 2. The van der Waals surface area contributed by atoms with Crippen molar-refractivity contribution < 1.29 is 66.3 Å². The van der Waals surface area contributed by atoms with Crippen molar-refractivity contribution in [3.8, 4) is 23.0 Å². The molecule has 16 heteroatoms. The molecule has 0 radical (unpaired) electrons. The summed E-state index contributed by atoms with van der Waals surface area (Å²) in [4.78, 5) is 58.0. The van der Waals surface area contributed by atoms with Crippen molar-refractivity contribution in [1.82, 2.24) is 0 Å². The Balaban J connectivity index is 1.57. The first-order valence-corrected chi connectivity index (χ1v) is 15.2. The normalized spacial score (nSPS) is 10.9. The van der Waals surface area contributed by atoms with Gasteiger partial charge in [0.2, 0.25) is 0 Å². The minimum Gasteiger partial charge on any atom is -0.493 e. The first-order valence-electron chi connectivity index (χ1n) is 13.6. The minimum atomic E-state index is -1.90. The van der Waals surface area contributed by atoms with E-state index in [0.717, 1.165) is 22.7 Å². The quantitative estimate of drug-likeness (QED) is 0.0716. The molecule has 4 rings (SSSR count). The Morgan fingerprint density at radius 3 is 1.45 bits per heavy atom. The molecule has 2 N–H and O–H groups in total. The molecule has 0 fully saturated rings. The van der Waals surface area contributed by atoms with Crippen LogP contribution >= 0.6 is 22.7 Å². The molecule has 0 aliphatic heterocycles. The summed E-state index contributed by atoms with van der Waals surface area (Å²) in [7, 11) is 2.46. The minimum absolute atomic E-state index is 0.0236. The van der Waals surface area contributed by atoms with Crippen LogP contribution in [-0.2, 0) is 14.4 Å². The van der Waals surface area contributed by atoms with Crippen LogP contribution in [-0.4, -0.2) is 67.2 Å². The van der Waals surface area contributed by atoms with Crippen LogP contribution in [0.4, 0.5) is 13.2 Å². The lowest BCUT2D eigenvalue weighted by Gasteiger charge is -2.16. The predicted molar refractivity (Wildman–Crippen MR) is 164 cm³/mol. The van der Waals surface area contributed by atoms with Crippen LogP contribution in [0.3, 0.4) is 0 Å². The summed E-state index contributed by atoms with van der Waals surface area (Å²) in [5.74, 6) is -6.28. The number of rotatable bonds is 17. The van der Waals surface area contributed by atoms with Crippen LogP contribution in [0.5, 0.6) is 23.0 Å². The van der Waals surface area contributed by atoms with E-state index in [1.165, 1.54) is 38.5 Å². The summed E-state index contributed by atoms with van der Waals surface area (Å²) in [6.45, 7) is -1.26. The summed E-state index contributed by atoms with van der Waals surface area (Å²) in [6, 6.07) is 3.38. The number of ether oxygens (including phenoxy) is 4. The standard InChI is InChI=1S/C31H25F3O11S2/c1-42-19-10-21-15(8-23(46-21)17(35)3-5-26(38)39)28(33)30(19)44-12-14(7-25(32)37)13-45-31-20(43-2)11-22-16(29(31)34)9-24(47-22)18(36)4-6-27(40)41/h7-11H,3-6,12-13H2,1-2H3,(H,38,39)(H,40,41). The Bertz CT molecular complexity index is 1800. The van der Waals surface area contributed by atoms with E-state index in [0.29, 0.717) is 15.5 Å². The van der Waals surface area contributed by atoms with E-state index in [9.17, 15) is 28.4 Å². The van der Waals surface area contributed by atoms with Gasteiger partial charge >= 0.3 is 18.0 Å². The third-order valence-electron chi connectivity index (χ3n) is 6.61. The van der Waals surface area contributed by atoms with Crippen molar-refractivity contribution in [1.29, 1.82) is 0 Å². The first kappa shape index (κ1) is 34.9. The lowest BCUT2D eigenvalue weighted by Crippen LogP contribution is -2.13. The third-order valence-corrected chi connectivity index (χ3v) is 8.85. The van der Waals surface area contributed by atoms with Crippen molar-refractivity contribution in [3.05, 3.63) is 57.3 Å². The van der Waals surface area contributed by atoms with Gasteiger partial charge in [0, 0.05) is 56.8 Å². The van der Waals surface area contributed by atoms with Gasteiger partial charge in [-0.2, -0.15) is 4.39 Å². The zero-order valence-electron chi connectivity index (χ0n) is 24.6. The molecule has 0 bridgehead atoms. The molecule has 0 unspecified atom stereocenters. The highest BCUT2D eigenvalue weighted by molar-refractivity contribution is 7.21. The maximum atomic E-state index is 15.6. The Kier molecular flexibility index (Phi) is 11.2. The SMILES string of the molecule is COc1cc2sc(C(=O)CCC(=O)O)cc2c(F)c1OCC(=CC(=O)F)COc1c(OC)cc2sc(C(=O)CCC(=O)O)cc2c1F. The molecule has 0 aliphatic carbocycles. The van der Waals surface area contributed by atoms with E-state index in [4.69, 9.17) is 29.2 Å². The second kappa shape index (κ2) is 15.1. The molecule has 0 saturated carbocycles. The second-order valence-corrected chi connectivity index (χ2v) is 12.0. The predicted octanol–water partition coefficient (Wildman–Crippen LogP) is 6.39. The molecule has 248 valence electrons. The Morgan fingerprint density at radius 2 is 1.11 bits per heavy atom. The smallest absolute Gasteiger partial charge is 0.325 e. The van der Waals surface area contributed by atoms with Gasteiger partial charge < -0.3 is 29.2 Å². The first-order chi connectivity index (χ1) is 22.3. The third kappa shape index (κ3) is 8.26. The number of Topliss-reactive ketones (excluding diaryl/α,β-unsaturated/α-hetero) is 2. The Labute approximate surface area is 271 Å². The van der Waals surface area contributed by atoms with Crippen LogP contribution in [0.15, 0.2) is 35.9 Å². The van der Waals surface area contributed by atoms with Crippen molar-refractivity contribution in [2.24, 2.45) is 0 Å². The topological polar surface area (TPSA) is 163 Å². The molecule has 2 aromatic carbocycles. The average molecular weight is 695 g/mol. The number of hydrogen-bond acceptors (Lipinski definition) is 11. The highest BCUT2D eigenvalue weighted by Gasteiger charge is 2.23. The number of allylic oxidation sites excluding steroid dienone is 1. The zero-order chi connectivity index (χ0) is 34.4. The van der Waals surface area contributed by atoms with Crippen molar-refractivity contribution in [2.75, 3.05) is 27.4 Å². The molecular weight excluding hydrogens is 669 g/mol. The number of ketones is 2. The van der Waals surface area contributed by atoms with Gasteiger partial charge in [0.25, 0.3) is 0 Å². The van der Waals surface area contributed by atoms with Crippen LogP contribution in [0.1, 0.15) is 45.0 Å². The number of halogens is 3. The van der Waals surface area contributed by atoms with Crippen molar-refractivity contribution in [2.45, 2.75) is 25.7 Å². The molecule has 0 aliphatic rings. The van der Waals surface area contributed by atoms with Gasteiger partial charge in [0.1, 0.15) is 13.2 Å².